The summed E-state index contributed by atoms with van der Waals surface area (Å²) in [5.41, 5.74) is 3.60. The first-order valence-corrected chi connectivity index (χ1v) is 10.8. The summed E-state index contributed by atoms with van der Waals surface area (Å²) in [6.45, 7) is 3.07. The van der Waals surface area contributed by atoms with E-state index in [0.717, 1.165) is 29.6 Å². The molecule has 1 heterocycles. The monoisotopic (exact) mass is 431 g/mol. The molecule has 6 heteroatoms. The predicted octanol–water partition coefficient (Wildman–Crippen LogP) is 4.33. The van der Waals surface area contributed by atoms with Crippen LogP contribution in [0.4, 0.5) is 0 Å². The molecule has 6 nitrogen and oxygen atoms in total. The van der Waals surface area contributed by atoms with E-state index in [9.17, 15) is 9.70 Å². The molecule has 0 saturated carbocycles. The molecule has 0 unspecified atom stereocenters. The van der Waals surface area contributed by atoms with Gasteiger partial charge in [-0.2, -0.15) is 0 Å². The van der Waals surface area contributed by atoms with Crippen molar-refractivity contribution in [2.75, 3.05) is 27.2 Å². The van der Waals surface area contributed by atoms with Gasteiger partial charge >= 0.3 is 0 Å². The van der Waals surface area contributed by atoms with Gasteiger partial charge in [-0.15, -0.1) is 4.91 Å². The number of carbonyl (C=O) groups excluding carboxylic acids is 1. The molecule has 3 rings (SSSR count). The zero-order valence-electron chi connectivity index (χ0n) is 18.8. The Morgan fingerprint density at radius 1 is 1.00 bits per heavy atom. The minimum Gasteiger partial charge on any atom is -0.352 e. The smallest absolute Gasteiger partial charge is 0.252 e. The molecule has 1 aliphatic rings. The molecular formula is C26H31N4O2+. The fourth-order valence-electron chi connectivity index (χ4n) is 3.75. The maximum atomic E-state index is 12.7. The molecule has 0 spiro atoms. The number of nitrogens with zero attached hydrogens (tertiary/aromatic N) is 3. The average molecular weight is 432 g/mol. The van der Waals surface area contributed by atoms with Crippen molar-refractivity contribution in [3.8, 4) is 0 Å². The lowest BCUT2D eigenvalue weighted by Gasteiger charge is -2.30. The summed E-state index contributed by atoms with van der Waals surface area (Å²) in [4.78, 5) is 25.3. The molecule has 0 aromatic heterocycles. The molecule has 166 valence electrons. The van der Waals surface area contributed by atoms with Crippen molar-refractivity contribution in [2.24, 2.45) is 5.18 Å². The first kappa shape index (κ1) is 23.2. The van der Waals surface area contributed by atoms with Gasteiger partial charge in [0, 0.05) is 31.3 Å². The summed E-state index contributed by atoms with van der Waals surface area (Å²) < 4.78 is 0.861. The fraction of sp³-hybridized carbons (Fsp3) is 0.269. The number of nitrogens with one attached hydrogen (secondary N) is 1. The van der Waals surface area contributed by atoms with Crippen LogP contribution in [0, 0.1) is 4.91 Å². The average Bonchev–Trinajstić information content (AvgIpc) is 2.79. The summed E-state index contributed by atoms with van der Waals surface area (Å²) in [7, 11) is 4.41. The van der Waals surface area contributed by atoms with Crippen LogP contribution in [-0.2, 0) is 17.9 Å². The molecule has 0 atom stereocenters. The zero-order valence-corrected chi connectivity index (χ0v) is 18.8. The van der Waals surface area contributed by atoms with Gasteiger partial charge in [-0.1, -0.05) is 60.7 Å². The number of allylic oxidation sites excluding steroid dienone is 1. The van der Waals surface area contributed by atoms with Crippen LogP contribution < -0.4 is 5.32 Å². The number of hydrogen-bond donors (Lipinski definition) is 1. The number of amides is 1. The second-order valence-electron chi connectivity index (χ2n) is 8.60. The zero-order chi connectivity index (χ0) is 22.8. The number of quaternary nitrogens is 1. The van der Waals surface area contributed by atoms with Crippen LogP contribution in [0.15, 0.2) is 102 Å². The van der Waals surface area contributed by atoms with Gasteiger partial charge in [-0.3, -0.25) is 4.79 Å². The second-order valence-corrected chi connectivity index (χ2v) is 8.60. The maximum absolute atomic E-state index is 12.7. The van der Waals surface area contributed by atoms with E-state index in [1.54, 1.807) is 18.4 Å². The highest BCUT2D eigenvalue weighted by Crippen LogP contribution is 2.20. The Hall–Kier alpha value is -3.51. The molecule has 0 radical (unpaired) electrons. The van der Waals surface area contributed by atoms with Crippen LogP contribution in [0.3, 0.4) is 0 Å². The van der Waals surface area contributed by atoms with Crippen LogP contribution in [0.2, 0.25) is 0 Å². The Labute approximate surface area is 190 Å². The SMILES string of the molecule is C[N+](C)(CCCNC(=O)C1=CN(Cc2ccccc2)/C(=C\N=O)C=C1)Cc1ccccc1. The molecule has 0 aliphatic carbocycles. The summed E-state index contributed by atoms with van der Waals surface area (Å²) in [5, 5.41) is 5.92. The molecule has 0 saturated heterocycles. The van der Waals surface area contributed by atoms with Gasteiger partial charge in [0.25, 0.3) is 5.91 Å². The Morgan fingerprint density at radius 2 is 1.66 bits per heavy atom. The van der Waals surface area contributed by atoms with Gasteiger partial charge in [0.2, 0.25) is 0 Å². The van der Waals surface area contributed by atoms with Crippen molar-refractivity contribution in [1.29, 1.82) is 0 Å². The van der Waals surface area contributed by atoms with E-state index < -0.39 is 0 Å². The van der Waals surface area contributed by atoms with Crippen LogP contribution in [0.5, 0.6) is 0 Å². The van der Waals surface area contributed by atoms with Crippen molar-refractivity contribution in [3.63, 3.8) is 0 Å². The van der Waals surface area contributed by atoms with Crippen molar-refractivity contribution in [2.45, 2.75) is 19.5 Å². The lowest BCUT2D eigenvalue weighted by atomic mass is 10.1. The summed E-state index contributed by atoms with van der Waals surface area (Å²) in [5.74, 6) is -0.120. The summed E-state index contributed by atoms with van der Waals surface area (Å²) in [6, 6.07) is 20.3. The quantitative estimate of drug-likeness (QED) is 0.346. The minimum atomic E-state index is -0.120. The third kappa shape index (κ3) is 7.03. The number of hydrogen-bond acceptors (Lipinski definition) is 4. The molecule has 1 aliphatic heterocycles. The van der Waals surface area contributed by atoms with Crippen LogP contribution in [0.25, 0.3) is 0 Å². The largest absolute Gasteiger partial charge is 0.352 e. The standard InChI is InChI=1S/C26H30N4O2/c1-30(2,21-23-12-7-4-8-13-23)17-9-16-27-26(31)24-14-15-25(18-28-32)29(20-24)19-22-10-5-3-6-11-22/h3-8,10-15,18,20H,9,16-17,19,21H2,1-2H3/p+1/b25-18-. The maximum Gasteiger partial charge on any atom is 0.252 e. The highest BCUT2D eigenvalue weighted by Gasteiger charge is 2.18. The topological polar surface area (TPSA) is 61.8 Å². The third-order valence-corrected chi connectivity index (χ3v) is 5.38. The van der Waals surface area contributed by atoms with Gasteiger partial charge in [0.1, 0.15) is 6.54 Å². The molecule has 0 fully saturated rings. The van der Waals surface area contributed by atoms with E-state index in [1.165, 1.54) is 11.8 Å². The Balaban J connectivity index is 1.53. The Bertz CT molecular complexity index is 995. The molecule has 1 N–H and O–H groups in total. The molecule has 2 aromatic rings. The number of benzene rings is 2. The van der Waals surface area contributed by atoms with E-state index in [1.807, 2.05) is 41.3 Å². The van der Waals surface area contributed by atoms with Gasteiger partial charge in [0.05, 0.1) is 38.1 Å². The van der Waals surface area contributed by atoms with E-state index in [0.29, 0.717) is 24.4 Å². The van der Waals surface area contributed by atoms with E-state index >= 15 is 0 Å². The predicted molar refractivity (Wildman–Crippen MR) is 128 cm³/mol. The number of nitroso groups, excluding NO2 is 1. The summed E-state index contributed by atoms with van der Waals surface area (Å²) in [6.07, 6.45) is 7.39. The molecule has 0 bridgehead atoms. The van der Waals surface area contributed by atoms with Crippen LogP contribution in [0.1, 0.15) is 17.5 Å². The second kappa shape index (κ2) is 11.2. The molecule has 32 heavy (non-hydrogen) atoms. The lowest BCUT2D eigenvalue weighted by molar-refractivity contribution is -0.903. The minimum absolute atomic E-state index is 0.120. The first-order chi connectivity index (χ1) is 15.5. The van der Waals surface area contributed by atoms with Crippen molar-refractivity contribution in [3.05, 3.63) is 113 Å². The van der Waals surface area contributed by atoms with Crippen LogP contribution in [-0.4, -0.2) is 42.5 Å². The van der Waals surface area contributed by atoms with E-state index in [4.69, 9.17) is 0 Å². The lowest BCUT2D eigenvalue weighted by Crippen LogP contribution is -2.41. The van der Waals surface area contributed by atoms with Crippen molar-refractivity contribution < 1.29 is 9.28 Å². The van der Waals surface area contributed by atoms with Gasteiger partial charge < -0.3 is 14.7 Å². The molecule has 2 aromatic carbocycles. The van der Waals surface area contributed by atoms with E-state index in [-0.39, 0.29) is 5.91 Å². The third-order valence-electron chi connectivity index (χ3n) is 5.38. The Kier molecular flexibility index (Phi) is 8.11. The van der Waals surface area contributed by atoms with E-state index in [2.05, 4.69) is 48.9 Å². The summed E-state index contributed by atoms with van der Waals surface area (Å²) >= 11 is 0. The van der Waals surface area contributed by atoms with Gasteiger partial charge in [-0.05, 0) is 22.9 Å². The van der Waals surface area contributed by atoms with Crippen LogP contribution >= 0.6 is 0 Å². The molecular weight excluding hydrogens is 400 g/mol. The number of carbonyl (C=O) groups is 1. The van der Waals surface area contributed by atoms with Gasteiger partial charge in [-0.25, -0.2) is 0 Å². The highest BCUT2D eigenvalue weighted by atomic mass is 16.2. The Morgan fingerprint density at radius 3 is 2.31 bits per heavy atom. The number of rotatable bonds is 10. The van der Waals surface area contributed by atoms with Crippen molar-refractivity contribution in [1.82, 2.24) is 10.2 Å². The fourth-order valence-corrected chi connectivity index (χ4v) is 3.75. The normalized spacial score (nSPS) is 14.9. The van der Waals surface area contributed by atoms with Gasteiger partial charge in [0.15, 0.2) is 0 Å². The first-order valence-electron chi connectivity index (χ1n) is 10.8. The van der Waals surface area contributed by atoms with Crippen molar-refractivity contribution >= 4 is 5.91 Å². The molecule has 1 amide bonds. The highest BCUT2D eigenvalue weighted by molar-refractivity contribution is 5.96.